The van der Waals surface area contributed by atoms with Crippen LogP contribution in [-0.4, -0.2) is 62.9 Å². The number of aromatic nitrogens is 2. The van der Waals surface area contributed by atoms with Gasteiger partial charge in [-0.25, -0.2) is 9.97 Å². The summed E-state index contributed by atoms with van der Waals surface area (Å²) in [5, 5.41) is 9.82. The van der Waals surface area contributed by atoms with Gasteiger partial charge in [0.25, 0.3) is 0 Å². The molecule has 0 saturated carbocycles. The van der Waals surface area contributed by atoms with E-state index in [9.17, 15) is 14.7 Å². The highest BCUT2D eigenvalue weighted by Crippen LogP contribution is 2.43. The van der Waals surface area contributed by atoms with E-state index in [2.05, 4.69) is 16.5 Å². The van der Waals surface area contributed by atoms with E-state index in [-0.39, 0.29) is 18.4 Å². The molecule has 134 valence electrons. The summed E-state index contributed by atoms with van der Waals surface area (Å²) in [4.78, 5) is 37.0. The summed E-state index contributed by atoms with van der Waals surface area (Å²) in [6.45, 7) is 9.69. The van der Waals surface area contributed by atoms with Crippen LogP contribution < -0.4 is 0 Å². The van der Waals surface area contributed by atoms with E-state index < -0.39 is 17.3 Å². The first-order valence-corrected chi connectivity index (χ1v) is 8.54. The molecule has 2 aliphatic rings. The number of nitrogens with zero attached hydrogens (tertiary/aromatic N) is 4. The maximum atomic E-state index is 12.6. The molecule has 7 heteroatoms. The fourth-order valence-electron chi connectivity index (χ4n) is 3.84. The fraction of sp³-hybridized carbons (Fsp3) is 0.556. The van der Waals surface area contributed by atoms with Crippen molar-refractivity contribution in [3.05, 3.63) is 36.4 Å². The van der Waals surface area contributed by atoms with Gasteiger partial charge in [-0.2, -0.15) is 0 Å². The van der Waals surface area contributed by atoms with Gasteiger partial charge in [-0.1, -0.05) is 19.9 Å². The van der Waals surface area contributed by atoms with Gasteiger partial charge >= 0.3 is 5.97 Å². The van der Waals surface area contributed by atoms with Crippen molar-refractivity contribution in [1.29, 1.82) is 0 Å². The van der Waals surface area contributed by atoms with E-state index in [1.807, 2.05) is 24.8 Å². The molecule has 0 spiro atoms. The first-order chi connectivity index (χ1) is 11.9. The normalized spacial score (nSPS) is 26.3. The minimum Gasteiger partial charge on any atom is -0.481 e. The predicted molar refractivity (Wildman–Crippen MR) is 91.7 cm³/mol. The number of carboxylic acid groups (broad SMARTS) is 1. The van der Waals surface area contributed by atoms with Crippen molar-refractivity contribution in [3.63, 3.8) is 0 Å². The Morgan fingerprint density at radius 3 is 2.88 bits per heavy atom. The van der Waals surface area contributed by atoms with Crippen molar-refractivity contribution in [2.45, 2.75) is 26.3 Å². The Kier molecular flexibility index (Phi) is 4.60. The molecule has 2 saturated heterocycles. The van der Waals surface area contributed by atoms with Crippen LogP contribution in [0.25, 0.3) is 0 Å². The Bertz CT molecular complexity index is 705. The van der Waals surface area contributed by atoms with Crippen LogP contribution in [0.15, 0.2) is 24.9 Å². The van der Waals surface area contributed by atoms with E-state index in [0.717, 1.165) is 11.5 Å². The van der Waals surface area contributed by atoms with E-state index in [1.165, 1.54) is 0 Å². The SMILES string of the molecule is C=CCN1C[C@@]2(C(=O)O)CN(Cc3ccnc(C(C)C)n3)C[C@H]2C1=O. The molecular weight excluding hydrogens is 320 g/mol. The summed E-state index contributed by atoms with van der Waals surface area (Å²) < 4.78 is 0. The van der Waals surface area contributed by atoms with Crippen molar-refractivity contribution >= 4 is 11.9 Å². The average Bonchev–Trinajstić information content (AvgIpc) is 3.04. The summed E-state index contributed by atoms with van der Waals surface area (Å²) in [5.41, 5.74) is -0.178. The largest absolute Gasteiger partial charge is 0.481 e. The lowest BCUT2D eigenvalue weighted by Crippen LogP contribution is -2.40. The molecule has 1 amide bonds. The van der Waals surface area contributed by atoms with E-state index in [0.29, 0.717) is 26.2 Å². The van der Waals surface area contributed by atoms with Crippen LogP contribution in [0.4, 0.5) is 0 Å². The molecule has 0 aromatic carbocycles. The molecule has 7 nitrogen and oxygen atoms in total. The zero-order valence-electron chi connectivity index (χ0n) is 14.7. The van der Waals surface area contributed by atoms with Crippen molar-refractivity contribution in [1.82, 2.24) is 19.8 Å². The second-order valence-corrected chi connectivity index (χ2v) is 7.25. The highest BCUT2D eigenvalue weighted by molar-refractivity contribution is 5.92. The molecule has 3 heterocycles. The van der Waals surface area contributed by atoms with Crippen molar-refractivity contribution in [2.75, 3.05) is 26.2 Å². The first kappa shape index (κ1) is 17.5. The van der Waals surface area contributed by atoms with Crippen LogP contribution in [0.5, 0.6) is 0 Å². The van der Waals surface area contributed by atoms with Crippen LogP contribution in [-0.2, 0) is 16.1 Å². The number of carboxylic acids is 1. The quantitative estimate of drug-likeness (QED) is 0.779. The van der Waals surface area contributed by atoms with Crippen molar-refractivity contribution in [3.8, 4) is 0 Å². The van der Waals surface area contributed by atoms with Crippen LogP contribution >= 0.6 is 0 Å². The lowest BCUT2D eigenvalue weighted by molar-refractivity contribution is -0.149. The van der Waals surface area contributed by atoms with E-state index in [1.54, 1.807) is 17.2 Å². The third-order valence-electron chi connectivity index (χ3n) is 5.11. The Morgan fingerprint density at radius 2 is 2.28 bits per heavy atom. The molecule has 0 aliphatic carbocycles. The number of hydrogen-bond donors (Lipinski definition) is 1. The lowest BCUT2D eigenvalue weighted by Gasteiger charge is -2.24. The highest BCUT2D eigenvalue weighted by Gasteiger charge is 2.61. The molecule has 2 aliphatic heterocycles. The van der Waals surface area contributed by atoms with Gasteiger partial charge in [-0.15, -0.1) is 6.58 Å². The number of likely N-dealkylation sites (tertiary alicyclic amines) is 2. The number of hydrogen-bond acceptors (Lipinski definition) is 5. The van der Waals surface area contributed by atoms with E-state index >= 15 is 0 Å². The first-order valence-electron chi connectivity index (χ1n) is 8.54. The highest BCUT2D eigenvalue weighted by atomic mass is 16.4. The number of fused-ring (bicyclic) bond motifs is 1. The number of rotatable bonds is 6. The summed E-state index contributed by atoms with van der Waals surface area (Å²) in [5.74, 6) is -0.479. The summed E-state index contributed by atoms with van der Waals surface area (Å²) in [7, 11) is 0. The minimum atomic E-state index is -1.03. The number of carbonyl (C=O) groups excluding carboxylic acids is 1. The van der Waals surface area contributed by atoms with Gasteiger partial charge < -0.3 is 10.0 Å². The molecule has 2 atom stereocenters. The van der Waals surface area contributed by atoms with Gasteiger partial charge in [0.15, 0.2) is 0 Å². The van der Waals surface area contributed by atoms with Crippen LogP contribution in [0, 0.1) is 11.3 Å². The molecule has 25 heavy (non-hydrogen) atoms. The smallest absolute Gasteiger partial charge is 0.313 e. The van der Waals surface area contributed by atoms with Crippen molar-refractivity contribution < 1.29 is 14.7 Å². The molecule has 1 aromatic rings. The average molecular weight is 344 g/mol. The van der Waals surface area contributed by atoms with Crippen LogP contribution in [0.1, 0.15) is 31.3 Å². The van der Waals surface area contributed by atoms with Gasteiger partial charge in [-0.3, -0.25) is 14.5 Å². The third kappa shape index (κ3) is 3.04. The Hall–Kier alpha value is -2.28. The number of aliphatic carboxylic acids is 1. The molecule has 0 bridgehead atoms. The Morgan fingerprint density at radius 1 is 1.52 bits per heavy atom. The summed E-state index contributed by atoms with van der Waals surface area (Å²) in [6.07, 6.45) is 3.37. The second-order valence-electron chi connectivity index (χ2n) is 7.25. The summed E-state index contributed by atoms with van der Waals surface area (Å²) in [6, 6.07) is 1.85. The zero-order chi connectivity index (χ0) is 18.2. The van der Waals surface area contributed by atoms with Gasteiger partial charge in [-0.05, 0) is 6.07 Å². The van der Waals surface area contributed by atoms with Crippen LogP contribution in [0.2, 0.25) is 0 Å². The topological polar surface area (TPSA) is 86.6 Å². The molecule has 0 radical (unpaired) electrons. The molecule has 3 rings (SSSR count). The Balaban J connectivity index is 1.78. The van der Waals surface area contributed by atoms with Crippen molar-refractivity contribution in [2.24, 2.45) is 11.3 Å². The maximum absolute atomic E-state index is 12.6. The molecular formula is C18H24N4O3. The number of amides is 1. The molecule has 0 unspecified atom stereocenters. The van der Waals surface area contributed by atoms with E-state index in [4.69, 9.17) is 0 Å². The molecule has 1 aromatic heterocycles. The van der Waals surface area contributed by atoms with Gasteiger partial charge in [0.05, 0.1) is 11.6 Å². The third-order valence-corrected chi connectivity index (χ3v) is 5.11. The molecule has 2 fully saturated rings. The lowest BCUT2D eigenvalue weighted by atomic mass is 9.81. The fourth-order valence-corrected chi connectivity index (χ4v) is 3.84. The standard InChI is InChI=1S/C18H24N4O3/c1-4-7-22-11-18(17(24)25)10-21(9-14(18)16(22)23)8-13-5-6-19-15(20-13)12(2)3/h4-6,12,14H,1,7-11H2,2-3H3,(H,24,25)/t14-,18-/m0/s1. The van der Waals surface area contributed by atoms with Crippen LogP contribution in [0.3, 0.4) is 0 Å². The summed E-state index contributed by atoms with van der Waals surface area (Å²) >= 11 is 0. The Labute approximate surface area is 147 Å². The van der Waals surface area contributed by atoms with Gasteiger partial charge in [0, 0.05) is 44.8 Å². The second kappa shape index (κ2) is 6.55. The molecule has 1 N–H and O–H groups in total. The monoisotopic (exact) mass is 344 g/mol. The maximum Gasteiger partial charge on any atom is 0.313 e. The predicted octanol–water partition coefficient (Wildman–Crippen LogP) is 1.13. The van der Waals surface area contributed by atoms with Gasteiger partial charge in [0.1, 0.15) is 11.2 Å². The number of carbonyl (C=O) groups is 2. The zero-order valence-corrected chi connectivity index (χ0v) is 14.7. The van der Waals surface area contributed by atoms with Gasteiger partial charge in [0.2, 0.25) is 5.91 Å². The minimum absolute atomic E-state index is 0.0876.